The van der Waals surface area contributed by atoms with Gasteiger partial charge in [-0.25, -0.2) is 4.39 Å². The number of amides is 1. The predicted molar refractivity (Wildman–Crippen MR) is 65.7 cm³/mol. The molecule has 0 aliphatic carbocycles. The summed E-state index contributed by atoms with van der Waals surface area (Å²) in [6.45, 7) is 1.28. The lowest BCUT2D eigenvalue weighted by Gasteiger charge is -2.31. The predicted octanol–water partition coefficient (Wildman–Crippen LogP) is 1.24. The average Bonchev–Trinajstić information content (AvgIpc) is 2.34. The molecule has 5 nitrogen and oxygen atoms in total. The average molecular weight is 254 g/mol. The monoisotopic (exact) mass is 254 g/mol. The molecule has 0 saturated heterocycles. The molecule has 98 valence electrons. The fraction of sp³-hybridized carbons (Fsp3) is 0.417. The largest absolute Gasteiger partial charge is 0.494 e. The Kier molecular flexibility index (Phi) is 3.66. The maximum atomic E-state index is 13.6. The fourth-order valence-electron chi connectivity index (χ4n) is 1.91. The van der Waals surface area contributed by atoms with Crippen LogP contribution in [0.4, 0.5) is 15.8 Å². The molecule has 1 aromatic carbocycles. The zero-order valence-corrected chi connectivity index (χ0v) is 10.3. The molecule has 0 spiro atoms. The highest BCUT2D eigenvalue weighted by atomic mass is 19.1. The molecule has 1 N–H and O–H groups in total. The first-order valence-corrected chi connectivity index (χ1v) is 5.57. The van der Waals surface area contributed by atoms with Crippen molar-refractivity contribution in [3.63, 3.8) is 0 Å². The third-order valence-corrected chi connectivity index (χ3v) is 2.78. The number of rotatable bonds is 4. The van der Waals surface area contributed by atoms with Crippen molar-refractivity contribution in [2.24, 2.45) is 0 Å². The van der Waals surface area contributed by atoms with Crippen molar-refractivity contribution in [3.8, 4) is 5.75 Å². The van der Waals surface area contributed by atoms with Crippen LogP contribution in [-0.2, 0) is 9.53 Å². The second-order valence-corrected chi connectivity index (χ2v) is 3.97. The van der Waals surface area contributed by atoms with Crippen molar-refractivity contribution in [2.75, 3.05) is 44.1 Å². The molecule has 0 atom stereocenters. The highest BCUT2D eigenvalue weighted by molar-refractivity contribution is 6.01. The molecular weight excluding hydrogens is 239 g/mol. The Morgan fingerprint density at radius 3 is 2.89 bits per heavy atom. The summed E-state index contributed by atoms with van der Waals surface area (Å²) < 4.78 is 23.5. The maximum Gasteiger partial charge on any atom is 0.243 e. The number of ether oxygens (including phenoxy) is 2. The highest BCUT2D eigenvalue weighted by Crippen LogP contribution is 2.34. The van der Waals surface area contributed by atoms with E-state index in [4.69, 9.17) is 9.47 Å². The van der Waals surface area contributed by atoms with Crippen LogP contribution in [0, 0.1) is 5.82 Å². The number of benzene rings is 1. The first kappa shape index (κ1) is 12.6. The van der Waals surface area contributed by atoms with E-state index in [-0.39, 0.29) is 18.2 Å². The molecule has 1 amide bonds. The number of nitrogens with zero attached hydrogens (tertiary/aromatic N) is 1. The third kappa shape index (κ3) is 2.38. The fourth-order valence-corrected chi connectivity index (χ4v) is 1.91. The third-order valence-electron chi connectivity index (χ3n) is 2.78. The second-order valence-electron chi connectivity index (χ2n) is 3.97. The summed E-state index contributed by atoms with van der Waals surface area (Å²) in [5, 5.41) is 2.64. The molecular formula is C12H15FN2O3. The quantitative estimate of drug-likeness (QED) is 0.878. The van der Waals surface area contributed by atoms with E-state index in [0.29, 0.717) is 18.8 Å². The van der Waals surface area contributed by atoms with Gasteiger partial charge in [0.15, 0.2) is 11.6 Å². The molecule has 0 saturated carbocycles. The van der Waals surface area contributed by atoms with Crippen LogP contribution in [0.25, 0.3) is 0 Å². The van der Waals surface area contributed by atoms with Crippen LogP contribution in [0.3, 0.4) is 0 Å². The summed E-state index contributed by atoms with van der Waals surface area (Å²) >= 11 is 0. The van der Waals surface area contributed by atoms with Gasteiger partial charge in [0.2, 0.25) is 5.91 Å². The summed E-state index contributed by atoms with van der Waals surface area (Å²) in [5.74, 6) is -0.499. The minimum atomic E-state index is -0.495. The van der Waals surface area contributed by atoms with Gasteiger partial charge >= 0.3 is 0 Å². The van der Waals surface area contributed by atoms with Crippen molar-refractivity contribution in [1.82, 2.24) is 0 Å². The van der Waals surface area contributed by atoms with Crippen LogP contribution in [0.5, 0.6) is 5.75 Å². The lowest BCUT2D eigenvalue weighted by atomic mass is 10.1. The van der Waals surface area contributed by atoms with Crippen molar-refractivity contribution in [1.29, 1.82) is 0 Å². The molecule has 1 heterocycles. The van der Waals surface area contributed by atoms with E-state index in [9.17, 15) is 9.18 Å². The Morgan fingerprint density at radius 1 is 1.44 bits per heavy atom. The van der Waals surface area contributed by atoms with E-state index < -0.39 is 5.82 Å². The lowest BCUT2D eigenvalue weighted by Crippen LogP contribution is -2.40. The van der Waals surface area contributed by atoms with E-state index in [1.165, 1.54) is 13.2 Å². The molecule has 1 aromatic rings. The Balaban J connectivity index is 2.36. The lowest BCUT2D eigenvalue weighted by molar-refractivity contribution is -0.115. The molecule has 18 heavy (non-hydrogen) atoms. The molecule has 0 aromatic heterocycles. The van der Waals surface area contributed by atoms with Crippen LogP contribution >= 0.6 is 0 Å². The summed E-state index contributed by atoms with van der Waals surface area (Å²) in [6.07, 6.45) is 0. The minimum absolute atomic E-state index is 0.160. The van der Waals surface area contributed by atoms with Gasteiger partial charge in [-0.2, -0.15) is 0 Å². The number of carbonyl (C=O) groups excluding carboxylic acids is 1. The van der Waals surface area contributed by atoms with Crippen LogP contribution < -0.4 is 15.0 Å². The van der Waals surface area contributed by atoms with Gasteiger partial charge in [0, 0.05) is 25.8 Å². The SMILES string of the molecule is COCCN1CC(=O)Nc2cc(F)c(OC)cc21. The van der Waals surface area contributed by atoms with Gasteiger partial charge in [-0.05, 0) is 0 Å². The van der Waals surface area contributed by atoms with E-state index in [1.807, 2.05) is 4.90 Å². The van der Waals surface area contributed by atoms with Crippen LogP contribution in [0.2, 0.25) is 0 Å². The first-order chi connectivity index (χ1) is 8.65. The van der Waals surface area contributed by atoms with Gasteiger partial charge in [0.25, 0.3) is 0 Å². The molecule has 1 aliphatic heterocycles. The Bertz CT molecular complexity index is 465. The summed E-state index contributed by atoms with van der Waals surface area (Å²) in [5.41, 5.74) is 1.20. The second kappa shape index (κ2) is 5.22. The molecule has 1 aliphatic rings. The molecule has 0 unspecified atom stereocenters. The number of fused-ring (bicyclic) bond motifs is 1. The van der Waals surface area contributed by atoms with E-state index in [2.05, 4.69) is 5.32 Å². The van der Waals surface area contributed by atoms with Crippen LogP contribution in [0.15, 0.2) is 12.1 Å². The maximum absolute atomic E-state index is 13.6. The van der Waals surface area contributed by atoms with Gasteiger partial charge in [-0.1, -0.05) is 0 Å². The van der Waals surface area contributed by atoms with Crippen LogP contribution in [-0.4, -0.2) is 39.8 Å². The summed E-state index contributed by atoms with van der Waals surface area (Å²) in [7, 11) is 3.00. The zero-order valence-electron chi connectivity index (χ0n) is 10.3. The Hall–Kier alpha value is -1.82. The van der Waals surface area contributed by atoms with E-state index in [1.54, 1.807) is 13.2 Å². The van der Waals surface area contributed by atoms with E-state index >= 15 is 0 Å². The number of carbonyl (C=O) groups is 1. The highest BCUT2D eigenvalue weighted by Gasteiger charge is 2.23. The first-order valence-electron chi connectivity index (χ1n) is 5.57. The summed E-state index contributed by atoms with van der Waals surface area (Å²) in [6, 6.07) is 2.85. The number of anilines is 2. The standard InChI is InChI=1S/C12H15FN2O3/c1-17-4-3-15-7-12(16)14-9-5-8(13)11(18-2)6-10(9)15/h5-6H,3-4,7H2,1-2H3,(H,14,16). The van der Waals surface area contributed by atoms with E-state index in [0.717, 1.165) is 5.69 Å². The molecule has 6 heteroatoms. The Labute approximate surface area is 104 Å². The number of methoxy groups -OCH3 is 2. The minimum Gasteiger partial charge on any atom is -0.494 e. The van der Waals surface area contributed by atoms with Crippen LogP contribution in [0.1, 0.15) is 0 Å². The number of nitrogens with one attached hydrogen (secondary N) is 1. The topological polar surface area (TPSA) is 50.8 Å². The number of hydrogen-bond acceptors (Lipinski definition) is 4. The zero-order chi connectivity index (χ0) is 13.1. The molecule has 0 bridgehead atoms. The van der Waals surface area contributed by atoms with Gasteiger partial charge in [0.1, 0.15) is 0 Å². The Morgan fingerprint density at radius 2 is 2.22 bits per heavy atom. The smallest absolute Gasteiger partial charge is 0.243 e. The van der Waals surface area contributed by atoms with Gasteiger partial charge < -0.3 is 19.7 Å². The van der Waals surface area contributed by atoms with Crippen molar-refractivity contribution < 1.29 is 18.7 Å². The normalized spacial score (nSPS) is 14.2. The molecule has 0 fully saturated rings. The summed E-state index contributed by atoms with van der Waals surface area (Å²) in [4.78, 5) is 13.4. The van der Waals surface area contributed by atoms with Gasteiger partial charge in [0.05, 0.1) is 31.6 Å². The van der Waals surface area contributed by atoms with Gasteiger partial charge in [-0.3, -0.25) is 4.79 Å². The number of hydrogen-bond donors (Lipinski definition) is 1. The van der Waals surface area contributed by atoms with Crippen molar-refractivity contribution in [2.45, 2.75) is 0 Å². The molecule has 2 rings (SSSR count). The molecule has 0 radical (unpaired) electrons. The van der Waals surface area contributed by atoms with Crippen molar-refractivity contribution in [3.05, 3.63) is 17.9 Å². The van der Waals surface area contributed by atoms with Crippen molar-refractivity contribution >= 4 is 17.3 Å². The van der Waals surface area contributed by atoms with Gasteiger partial charge in [-0.15, -0.1) is 0 Å². The number of halogens is 1.